The Morgan fingerprint density at radius 3 is 2.37 bits per heavy atom. The van der Waals surface area contributed by atoms with Gasteiger partial charge in [-0.15, -0.1) is 0 Å². The van der Waals surface area contributed by atoms with E-state index in [1.807, 2.05) is 0 Å². The highest BCUT2D eigenvalue weighted by Crippen LogP contribution is 2.65. The van der Waals surface area contributed by atoms with Gasteiger partial charge in [0.1, 0.15) is 0 Å². The molecule has 0 heterocycles. The van der Waals surface area contributed by atoms with E-state index in [1.54, 1.807) is 5.57 Å². The summed E-state index contributed by atoms with van der Waals surface area (Å²) in [4.78, 5) is 12.8. The Hall–Kier alpha value is -0.673. The third-order valence-corrected chi connectivity index (χ3v) is 14.9. The van der Waals surface area contributed by atoms with Gasteiger partial charge in [0.25, 0.3) is 0 Å². The summed E-state index contributed by atoms with van der Waals surface area (Å²) in [5, 5.41) is 0.271. The number of fused-ring (bicyclic) bond motifs is 5. The number of allylic oxidation sites excluding steroid dienone is 3. The molecule has 0 N–H and O–H groups in total. The van der Waals surface area contributed by atoms with Crippen LogP contribution >= 0.6 is 0 Å². The van der Waals surface area contributed by atoms with E-state index in [-0.39, 0.29) is 10.5 Å². The monoisotopic (exact) mass is 428 g/mol. The van der Waals surface area contributed by atoms with Gasteiger partial charge in [-0.3, -0.25) is 4.79 Å². The van der Waals surface area contributed by atoms with E-state index in [2.05, 4.69) is 66.8 Å². The van der Waals surface area contributed by atoms with Gasteiger partial charge in [-0.05, 0) is 97.7 Å². The highest BCUT2D eigenvalue weighted by molar-refractivity contribution is 6.74. The lowest BCUT2D eigenvalue weighted by Gasteiger charge is -2.57. The second kappa shape index (κ2) is 7.17. The fourth-order valence-corrected chi connectivity index (χ4v) is 8.86. The first-order valence-electron chi connectivity index (χ1n) is 12.4. The molecule has 3 heteroatoms. The van der Waals surface area contributed by atoms with Crippen molar-refractivity contribution < 1.29 is 9.22 Å². The highest BCUT2D eigenvalue weighted by Gasteiger charge is 2.59. The molecular weight excluding hydrogens is 384 g/mol. The van der Waals surface area contributed by atoms with E-state index in [0.717, 1.165) is 24.3 Å². The summed E-state index contributed by atoms with van der Waals surface area (Å²) < 4.78 is 6.85. The molecule has 0 saturated heterocycles. The van der Waals surface area contributed by atoms with Crippen LogP contribution in [0.4, 0.5) is 0 Å². The fourth-order valence-electron chi connectivity index (χ4n) is 7.47. The molecular formula is C27H44O2Si. The summed E-state index contributed by atoms with van der Waals surface area (Å²) in [5.41, 5.74) is 3.26. The van der Waals surface area contributed by atoms with Gasteiger partial charge in [-0.1, -0.05) is 52.3 Å². The van der Waals surface area contributed by atoms with E-state index in [4.69, 9.17) is 4.43 Å². The molecule has 30 heavy (non-hydrogen) atoms. The van der Waals surface area contributed by atoms with Gasteiger partial charge in [0.15, 0.2) is 14.1 Å². The van der Waals surface area contributed by atoms with Crippen LogP contribution < -0.4 is 0 Å². The minimum Gasteiger partial charge on any atom is -0.414 e. The third-order valence-electron chi connectivity index (χ3n) is 10.3. The third kappa shape index (κ3) is 3.25. The van der Waals surface area contributed by atoms with E-state index >= 15 is 0 Å². The maximum Gasteiger partial charge on any atom is 0.192 e. The number of carbonyl (C=O) groups is 1. The Balaban J connectivity index is 1.56. The molecule has 0 bridgehead atoms. The van der Waals surface area contributed by atoms with Crippen LogP contribution in [0.5, 0.6) is 0 Å². The maximum absolute atomic E-state index is 12.8. The average Bonchev–Trinajstić information content (AvgIpc) is 2.90. The van der Waals surface area contributed by atoms with Crippen molar-refractivity contribution >= 4 is 14.1 Å². The predicted molar refractivity (Wildman–Crippen MR) is 128 cm³/mol. The van der Waals surface area contributed by atoms with Crippen LogP contribution in [0.15, 0.2) is 23.3 Å². The molecule has 2 nitrogen and oxygen atoms in total. The molecule has 0 aromatic carbocycles. The Kier molecular flexibility index (Phi) is 5.38. The Labute approximate surface area is 186 Å². The van der Waals surface area contributed by atoms with E-state index < -0.39 is 8.32 Å². The van der Waals surface area contributed by atoms with E-state index in [1.165, 1.54) is 32.1 Å². The summed E-state index contributed by atoms with van der Waals surface area (Å²) in [6.07, 6.45) is 13.1. The summed E-state index contributed by atoms with van der Waals surface area (Å²) in [6.45, 7) is 18.8. The molecule has 4 aliphatic rings. The van der Waals surface area contributed by atoms with E-state index in [9.17, 15) is 4.79 Å². The largest absolute Gasteiger partial charge is 0.414 e. The second-order valence-electron chi connectivity index (χ2n) is 12.8. The molecule has 4 rings (SSSR count). The summed E-state index contributed by atoms with van der Waals surface area (Å²) >= 11 is 0. The second-order valence-corrected chi connectivity index (χ2v) is 17.5. The van der Waals surface area contributed by atoms with Crippen molar-refractivity contribution in [2.45, 2.75) is 111 Å². The normalized spacial score (nSPS) is 43.1. The lowest BCUT2D eigenvalue weighted by atomic mass is 9.48. The van der Waals surface area contributed by atoms with Crippen molar-refractivity contribution in [2.75, 3.05) is 0 Å². The van der Waals surface area contributed by atoms with Crippen molar-refractivity contribution in [1.82, 2.24) is 0 Å². The molecule has 0 amide bonds. The van der Waals surface area contributed by atoms with Crippen molar-refractivity contribution in [1.29, 1.82) is 0 Å². The van der Waals surface area contributed by atoms with Gasteiger partial charge in [-0.2, -0.15) is 0 Å². The number of hydrogen-bond donors (Lipinski definition) is 0. The molecule has 0 aromatic rings. The number of hydrogen-bond acceptors (Lipinski definition) is 2. The molecule has 6 atom stereocenters. The summed E-state index contributed by atoms with van der Waals surface area (Å²) in [7, 11) is -1.73. The SMILES string of the molecule is C/C=C1\C(=O)C[C@H]2[C@@H]3CC=C4C[C@@H](O[Si](C)(C)C(C)(C)C)CCC4(C)[C@H]3CC[C@]12C. The van der Waals surface area contributed by atoms with Gasteiger partial charge < -0.3 is 4.43 Å². The van der Waals surface area contributed by atoms with Crippen LogP contribution in [0.3, 0.4) is 0 Å². The van der Waals surface area contributed by atoms with Crippen LogP contribution in [-0.2, 0) is 9.22 Å². The number of carbonyl (C=O) groups excluding carboxylic acids is 1. The first kappa shape index (κ1) is 22.5. The molecule has 0 radical (unpaired) electrons. The number of ketones is 1. The smallest absolute Gasteiger partial charge is 0.192 e. The van der Waals surface area contributed by atoms with Gasteiger partial charge >= 0.3 is 0 Å². The molecule has 0 spiro atoms. The van der Waals surface area contributed by atoms with Crippen LogP contribution in [0.2, 0.25) is 18.1 Å². The zero-order chi connectivity index (χ0) is 22.1. The summed E-state index contributed by atoms with van der Waals surface area (Å²) in [6, 6.07) is 0. The van der Waals surface area contributed by atoms with Crippen molar-refractivity contribution in [3.05, 3.63) is 23.3 Å². The number of Topliss-reactive ketones (excluding diaryl/α,β-unsaturated/α-hetero) is 1. The predicted octanol–water partition coefficient (Wildman–Crippen LogP) is 7.46. The first-order chi connectivity index (χ1) is 13.8. The lowest BCUT2D eigenvalue weighted by Crippen LogP contribution is -2.51. The van der Waals surface area contributed by atoms with Crippen molar-refractivity contribution in [2.24, 2.45) is 28.6 Å². The van der Waals surface area contributed by atoms with E-state index in [0.29, 0.717) is 29.1 Å². The van der Waals surface area contributed by atoms with Crippen molar-refractivity contribution in [3.63, 3.8) is 0 Å². The first-order valence-corrected chi connectivity index (χ1v) is 15.3. The Bertz CT molecular complexity index is 785. The molecule has 3 fully saturated rings. The molecule has 168 valence electrons. The minimum absolute atomic E-state index is 0.122. The Morgan fingerprint density at radius 2 is 1.73 bits per heavy atom. The number of rotatable bonds is 2. The summed E-state index contributed by atoms with van der Waals surface area (Å²) in [5.74, 6) is 2.40. The lowest BCUT2D eigenvalue weighted by molar-refractivity contribution is -0.115. The standard InChI is InChI=1S/C27H44O2Si/c1-9-21-24(28)17-23-20-11-10-18-16-19(29-30(7,8)25(2,3)4)12-14-26(18,5)22(20)13-15-27(21,23)6/h9-10,19-20,22-23H,11-17H2,1-8H3/b21-9+/t19-,20+,22-,23-,26?,27+/m0/s1. The molecule has 0 aliphatic heterocycles. The van der Waals surface area contributed by atoms with Gasteiger partial charge in [-0.25, -0.2) is 0 Å². The topological polar surface area (TPSA) is 26.3 Å². The van der Waals surface area contributed by atoms with Crippen molar-refractivity contribution in [3.8, 4) is 0 Å². The molecule has 4 aliphatic carbocycles. The quantitative estimate of drug-likeness (QED) is 0.259. The zero-order valence-corrected chi connectivity index (χ0v) is 21.7. The fraction of sp³-hybridized carbons (Fsp3) is 0.815. The molecule has 0 aromatic heterocycles. The molecule has 3 saturated carbocycles. The van der Waals surface area contributed by atoms with Crippen LogP contribution in [0.1, 0.15) is 86.5 Å². The zero-order valence-electron chi connectivity index (χ0n) is 20.7. The average molecular weight is 429 g/mol. The van der Waals surface area contributed by atoms with Gasteiger partial charge in [0.05, 0.1) is 0 Å². The molecule has 1 unspecified atom stereocenters. The maximum atomic E-state index is 12.8. The Morgan fingerprint density at radius 1 is 1.07 bits per heavy atom. The van der Waals surface area contributed by atoms with Crippen LogP contribution in [0, 0.1) is 28.6 Å². The van der Waals surface area contributed by atoms with Crippen LogP contribution in [0.25, 0.3) is 0 Å². The van der Waals surface area contributed by atoms with Crippen LogP contribution in [-0.4, -0.2) is 20.2 Å². The van der Waals surface area contributed by atoms with Gasteiger partial charge in [0.2, 0.25) is 0 Å². The van der Waals surface area contributed by atoms with Gasteiger partial charge in [0, 0.05) is 12.5 Å². The minimum atomic E-state index is -1.73. The highest BCUT2D eigenvalue weighted by atomic mass is 28.4.